The average Bonchev–Trinajstić information content (AvgIpc) is 3.16. The summed E-state index contributed by atoms with van der Waals surface area (Å²) < 4.78 is 19.9. The number of benzene rings is 2. The Hall–Kier alpha value is -3.18. The van der Waals surface area contributed by atoms with E-state index in [9.17, 15) is 4.39 Å². The highest BCUT2D eigenvalue weighted by molar-refractivity contribution is 7.20. The lowest BCUT2D eigenvalue weighted by Crippen LogP contribution is -2.29. The molecule has 0 fully saturated rings. The van der Waals surface area contributed by atoms with E-state index >= 15 is 0 Å². The van der Waals surface area contributed by atoms with E-state index in [0.717, 1.165) is 26.3 Å². The lowest BCUT2D eigenvalue weighted by molar-refractivity contribution is 0.306. The molecule has 2 aromatic heterocycles. The SMILES string of the molecule is CC(C)(N)C#Cc1cc2ncnc(Nc3ccc(OCc4cccc(F)c4)c(Cl)c3)c2s1. The van der Waals surface area contributed by atoms with Crippen LogP contribution < -0.4 is 15.8 Å². The Morgan fingerprint density at radius 2 is 2.03 bits per heavy atom. The quantitative estimate of drug-likeness (QED) is 0.358. The lowest BCUT2D eigenvalue weighted by atomic mass is 10.1. The average molecular weight is 467 g/mol. The molecule has 2 aromatic carbocycles. The van der Waals surface area contributed by atoms with Crippen LogP contribution in [0.4, 0.5) is 15.9 Å². The van der Waals surface area contributed by atoms with Crippen molar-refractivity contribution in [2.24, 2.45) is 5.73 Å². The van der Waals surface area contributed by atoms with Gasteiger partial charge in [-0.3, -0.25) is 0 Å². The highest BCUT2D eigenvalue weighted by atomic mass is 35.5. The normalized spacial score (nSPS) is 11.2. The van der Waals surface area contributed by atoms with Crippen LogP contribution in [0.3, 0.4) is 0 Å². The molecule has 0 aliphatic rings. The molecule has 3 N–H and O–H groups in total. The minimum absolute atomic E-state index is 0.218. The number of nitrogens with zero attached hydrogens (tertiary/aromatic N) is 2. The molecule has 0 spiro atoms. The van der Waals surface area contributed by atoms with E-state index < -0.39 is 5.54 Å². The smallest absolute Gasteiger partial charge is 0.151 e. The fraction of sp³-hybridized carbons (Fsp3) is 0.167. The van der Waals surface area contributed by atoms with Gasteiger partial charge in [-0.15, -0.1) is 11.3 Å². The van der Waals surface area contributed by atoms with Crippen molar-refractivity contribution >= 4 is 44.7 Å². The largest absolute Gasteiger partial charge is 0.487 e. The van der Waals surface area contributed by atoms with Gasteiger partial charge >= 0.3 is 0 Å². The monoisotopic (exact) mass is 466 g/mol. The predicted octanol–water partition coefficient (Wildman–Crippen LogP) is 5.90. The van der Waals surface area contributed by atoms with E-state index in [1.807, 2.05) is 26.0 Å². The summed E-state index contributed by atoms with van der Waals surface area (Å²) in [4.78, 5) is 9.56. The number of aromatic nitrogens is 2. The molecular weight excluding hydrogens is 447 g/mol. The van der Waals surface area contributed by atoms with E-state index in [4.69, 9.17) is 22.1 Å². The minimum atomic E-state index is -0.571. The zero-order valence-electron chi connectivity index (χ0n) is 17.4. The molecule has 162 valence electrons. The van der Waals surface area contributed by atoms with Gasteiger partial charge < -0.3 is 15.8 Å². The summed E-state index contributed by atoms with van der Waals surface area (Å²) in [5, 5.41) is 3.71. The Bertz CT molecular complexity index is 1340. The van der Waals surface area contributed by atoms with Gasteiger partial charge in [0, 0.05) is 5.69 Å². The second-order valence-corrected chi connectivity index (χ2v) is 9.17. The summed E-state index contributed by atoms with van der Waals surface area (Å²) in [5.41, 5.74) is 7.65. The fourth-order valence-corrected chi connectivity index (χ4v) is 3.99. The highest BCUT2D eigenvalue weighted by Gasteiger charge is 2.11. The number of hydrogen-bond donors (Lipinski definition) is 2. The third-order valence-electron chi connectivity index (χ3n) is 4.30. The number of ether oxygens (including phenoxy) is 1. The van der Waals surface area contributed by atoms with Crippen LogP contribution >= 0.6 is 22.9 Å². The van der Waals surface area contributed by atoms with Gasteiger partial charge in [-0.05, 0) is 55.8 Å². The summed E-state index contributed by atoms with van der Waals surface area (Å²) in [5.74, 6) is 6.99. The van der Waals surface area contributed by atoms with Gasteiger partial charge in [-0.1, -0.05) is 35.6 Å². The first-order valence-electron chi connectivity index (χ1n) is 9.77. The number of hydrogen-bond acceptors (Lipinski definition) is 6. The summed E-state index contributed by atoms with van der Waals surface area (Å²) >= 11 is 7.89. The van der Waals surface area contributed by atoms with Crippen molar-refractivity contribution in [1.29, 1.82) is 0 Å². The molecule has 8 heteroatoms. The van der Waals surface area contributed by atoms with Gasteiger partial charge in [0.15, 0.2) is 5.82 Å². The van der Waals surface area contributed by atoms with E-state index in [1.54, 1.807) is 24.3 Å². The number of thiophene rings is 1. The van der Waals surface area contributed by atoms with Crippen LogP contribution in [0.15, 0.2) is 54.9 Å². The molecule has 0 saturated carbocycles. The van der Waals surface area contributed by atoms with Crippen molar-refractivity contribution in [1.82, 2.24) is 9.97 Å². The first kappa shape index (κ1) is 22.0. The number of rotatable bonds is 5. The molecule has 0 bridgehead atoms. The maximum absolute atomic E-state index is 13.3. The van der Waals surface area contributed by atoms with Crippen LogP contribution in [0.25, 0.3) is 10.2 Å². The van der Waals surface area contributed by atoms with Crippen molar-refractivity contribution in [2.45, 2.75) is 26.0 Å². The maximum atomic E-state index is 13.3. The number of nitrogens with two attached hydrogens (primary N) is 1. The van der Waals surface area contributed by atoms with Gasteiger partial charge in [0.2, 0.25) is 0 Å². The number of fused-ring (bicyclic) bond motifs is 1. The number of nitrogens with one attached hydrogen (secondary N) is 1. The van der Waals surface area contributed by atoms with Crippen molar-refractivity contribution in [3.05, 3.63) is 76.1 Å². The fourth-order valence-electron chi connectivity index (χ4n) is 2.85. The van der Waals surface area contributed by atoms with Crippen molar-refractivity contribution < 1.29 is 9.13 Å². The first-order chi connectivity index (χ1) is 15.3. The van der Waals surface area contributed by atoms with Crippen molar-refractivity contribution in [3.63, 3.8) is 0 Å². The molecule has 0 atom stereocenters. The predicted molar refractivity (Wildman–Crippen MR) is 128 cm³/mol. The van der Waals surface area contributed by atoms with Crippen LogP contribution in [0, 0.1) is 17.7 Å². The molecule has 4 rings (SSSR count). The van der Waals surface area contributed by atoms with Gasteiger partial charge in [0.05, 0.1) is 25.7 Å². The molecule has 0 aliphatic carbocycles. The van der Waals surface area contributed by atoms with Gasteiger partial charge in [0.25, 0.3) is 0 Å². The highest BCUT2D eigenvalue weighted by Crippen LogP contribution is 2.33. The van der Waals surface area contributed by atoms with Crippen LogP contribution in [0.5, 0.6) is 5.75 Å². The molecule has 0 amide bonds. The van der Waals surface area contributed by atoms with E-state index in [1.165, 1.54) is 29.8 Å². The van der Waals surface area contributed by atoms with Crippen LogP contribution in [0.1, 0.15) is 24.3 Å². The molecule has 5 nitrogen and oxygen atoms in total. The zero-order valence-corrected chi connectivity index (χ0v) is 19.0. The summed E-state index contributed by atoms with van der Waals surface area (Å²) in [7, 11) is 0. The van der Waals surface area contributed by atoms with Crippen LogP contribution in [-0.4, -0.2) is 15.5 Å². The molecule has 0 unspecified atom stereocenters. The Balaban J connectivity index is 1.52. The van der Waals surface area contributed by atoms with E-state index in [-0.39, 0.29) is 12.4 Å². The Morgan fingerprint density at radius 1 is 1.19 bits per heavy atom. The first-order valence-corrected chi connectivity index (χ1v) is 11.0. The Morgan fingerprint density at radius 3 is 2.78 bits per heavy atom. The molecule has 0 radical (unpaired) electrons. The van der Waals surface area contributed by atoms with Crippen molar-refractivity contribution in [2.75, 3.05) is 5.32 Å². The third kappa shape index (κ3) is 5.54. The molecule has 2 heterocycles. The standard InChI is InChI=1S/C24H20ClFN4OS/c1-24(2,27)9-8-18-12-20-22(32-18)23(29-14-28-20)30-17-6-7-21(19(25)11-17)31-13-15-4-3-5-16(26)10-15/h3-7,10-12,14H,13,27H2,1-2H3,(H,28,29,30). The van der Waals surface area contributed by atoms with Crippen LogP contribution in [-0.2, 0) is 6.61 Å². The maximum Gasteiger partial charge on any atom is 0.151 e. The van der Waals surface area contributed by atoms with Crippen molar-refractivity contribution in [3.8, 4) is 17.6 Å². The third-order valence-corrected chi connectivity index (χ3v) is 5.64. The van der Waals surface area contributed by atoms with E-state index in [0.29, 0.717) is 16.6 Å². The Kier molecular flexibility index (Phi) is 6.28. The summed E-state index contributed by atoms with van der Waals surface area (Å²) in [6.07, 6.45) is 1.50. The second kappa shape index (κ2) is 9.13. The molecule has 32 heavy (non-hydrogen) atoms. The molecule has 0 aliphatic heterocycles. The van der Waals surface area contributed by atoms with Crippen LogP contribution in [0.2, 0.25) is 5.02 Å². The lowest BCUT2D eigenvalue weighted by Gasteiger charge is -2.11. The summed E-state index contributed by atoms with van der Waals surface area (Å²) in [6.45, 7) is 3.93. The van der Waals surface area contributed by atoms with Gasteiger partial charge in [0.1, 0.15) is 24.5 Å². The van der Waals surface area contributed by atoms with Gasteiger partial charge in [-0.2, -0.15) is 0 Å². The molecule has 0 saturated heterocycles. The molecular formula is C24H20ClFN4OS. The number of halogens is 2. The zero-order chi connectivity index (χ0) is 22.7. The topological polar surface area (TPSA) is 73.1 Å². The van der Waals surface area contributed by atoms with Gasteiger partial charge in [-0.25, -0.2) is 14.4 Å². The second-order valence-electron chi connectivity index (χ2n) is 7.71. The van der Waals surface area contributed by atoms with E-state index in [2.05, 4.69) is 27.1 Å². The number of anilines is 2. The summed E-state index contributed by atoms with van der Waals surface area (Å²) in [6, 6.07) is 13.5. The molecule has 4 aromatic rings. The Labute approximate surface area is 194 Å². The minimum Gasteiger partial charge on any atom is -0.487 e.